The average Bonchev–Trinajstić information content (AvgIpc) is 2.37. The lowest BCUT2D eigenvalue weighted by atomic mass is 9.81. The lowest BCUT2D eigenvalue weighted by molar-refractivity contribution is 0.0673. The van der Waals surface area contributed by atoms with Crippen LogP contribution in [0.15, 0.2) is 24.3 Å². The number of fused-ring (bicyclic) bond motifs is 1. The second kappa shape index (κ2) is 5.58. The van der Waals surface area contributed by atoms with Crippen molar-refractivity contribution in [2.45, 2.75) is 27.2 Å². The third kappa shape index (κ3) is 3.14. The van der Waals surface area contributed by atoms with Crippen molar-refractivity contribution in [1.29, 1.82) is 0 Å². The molecular weight excluding hydrogens is 254 g/mol. The molecule has 1 atom stereocenters. The van der Waals surface area contributed by atoms with Crippen LogP contribution in [0.4, 0.5) is 0 Å². The lowest BCUT2D eigenvalue weighted by Gasteiger charge is -2.36. The summed E-state index contributed by atoms with van der Waals surface area (Å²) in [5, 5.41) is 0. The van der Waals surface area contributed by atoms with Crippen LogP contribution < -0.4 is 0 Å². The fourth-order valence-corrected chi connectivity index (χ4v) is 3.18. The van der Waals surface area contributed by atoms with Gasteiger partial charge in [-0.15, -0.1) is 0 Å². The molecule has 0 aromatic heterocycles. The van der Waals surface area contributed by atoms with Gasteiger partial charge in [0.05, 0.1) is 0 Å². The molecule has 104 valence electrons. The SMILES string of the molecule is CC(C)(C)C(CS)CN1CCc2ccccc2C1=O. The van der Waals surface area contributed by atoms with Crippen molar-refractivity contribution in [1.82, 2.24) is 4.90 Å². The van der Waals surface area contributed by atoms with E-state index in [0.29, 0.717) is 5.92 Å². The fraction of sp³-hybridized carbons (Fsp3) is 0.562. The molecule has 2 nitrogen and oxygen atoms in total. The molecule has 19 heavy (non-hydrogen) atoms. The number of nitrogens with zero attached hydrogens (tertiary/aromatic N) is 1. The maximum atomic E-state index is 12.5. The molecule has 1 aliphatic heterocycles. The smallest absolute Gasteiger partial charge is 0.254 e. The molecule has 1 aromatic carbocycles. The van der Waals surface area contributed by atoms with Crippen molar-refractivity contribution >= 4 is 18.5 Å². The summed E-state index contributed by atoms with van der Waals surface area (Å²) in [6.45, 7) is 8.29. The number of rotatable bonds is 3. The molecule has 0 fully saturated rings. The molecule has 0 saturated heterocycles. The van der Waals surface area contributed by atoms with Gasteiger partial charge >= 0.3 is 0 Å². The standard InChI is InChI=1S/C16H23NOS/c1-16(2,3)13(11-19)10-17-9-8-12-6-4-5-7-14(12)15(17)18/h4-7,13,19H,8-11H2,1-3H3. The summed E-state index contributed by atoms with van der Waals surface area (Å²) < 4.78 is 0. The third-order valence-corrected chi connectivity index (χ3v) is 4.51. The maximum Gasteiger partial charge on any atom is 0.254 e. The molecule has 1 aliphatic rings. The van der Waals surface area contributed by atoms with Crippen molar-refractivity contribution in [3.63, 3.8) is 0 Å². The zero-order chi connectivity index (χ0) is 14.0. The number of amides is 1. The number of benzene rings is 1. The monoisotopic (exact) mass is 277 g/mol. The van der Waals surface area contributed by atoms with Crippen molar-refractivity contribution in [3.05, 3.63) is 35.4 Å². The van der Waals surface area contributed by atoms with Crippen LogP contribution in [0, 0.1) is 11.3 Å². The van der Waals surface area contributed by atoms with E-state index in [-0.39, 0.29) is 11.3 Å². The van der Waals surface area contributed by atoms with E-state index in [1.54, 1.807) is 0 Å². The first-order valence-electron chi connectivity index (χ1n) is 6.91. The topological polar surface area (TPSA) is 20.3 Å². The van der Waals surface area contributed by atoms with Crippen LogP contribution in [0.5, 0.6) is 0 Å². The van der Waals surface area contributed by atoms with Gasteiger partial charge in [0.2, 0.25) is 0 Å². The van der Waals surface area contributed by atoms with E-state index in [1.165, 1.54) is 5.56 Å². The second-order valence-corrected chi connectivity index (χ2v) is 6.77. The Hall–Kier alpha value is -0.960. The van der Waals surface area contributed by atoms with Crippen LogP contribution in [0.3, 0.4) is 0 Å². The average molecular weight is 277 g/mol. The normalized spacial score (nSPS) is 17.3. The van der Waals surface area contributed by atoms with Crippen LogP contribution in [0.1, 0.15) is 36.7 Å². The molecule has 1 unspecified atom stereocenters. The summed E-state index contributed by atoms with van der Waals surface area (Å²) in [5.41, 5.74) is 2.24. The summed E-state index contributed by atoms with van der Waals surface area (Å²) in [6.07, 6.45) is 0.964. The van der Waals surface area contributed by atoms with Gasteiger partial charge < -0.3 is 4.90 Å². The van der Waals surface area contributed by atoms with Crippen LogP contribution >= 0.6 is 12.6 Å². The van der Waals surface area contributed by atoms with E-state index >= 15 is 0 Å². The number of carbonyl (C=O) groups excluding carboxylic acids is 1. The molecule has 1 amide bonds. The molecular formula is C16H23NOS. The second-order valence-electron chi connectivity index (χ2n) is 6.40. The number of thiol groups is 1. The molecule has 0 spiro atoms. The van der Waals surface area contributed by atoms with E-state index in [1.807, 2.05) is 23.1 Å². The molecule has 0 radical (unpaired) electrons. The molecule has 0 N–H and O–H groups in total. The minimum atomic E-state index is 0.179. The van der Waals surface area contributed by atoms with Gasteiger partial charge in [0, 0.05) is 18.7 Å². The molecule has 2 rings (SSSR count). The highest BCUT2D eigenvalue weighted by Crippen LogP contribution is 2.29. The van der Waals surface area contributed by atoms with Crippen LogP contribution in [0.2, 0.25) is 0 Å². The van der Waals surface area contributed by atoms with Crippen LogP contribution in [-0.4, -0.2) is 29.6 Å². The minimum Gasteiger partial charge on any atom is -0.338 e. The molecule has 0 saturated carbocycles. The first kappa shape index (κ1) is 14.4. The van der Waals surface area contributed by atoms with Gasteiger partial charge in [0.15, 0.2) is 0 Å². The third-order valence-electron chi connectivity index (χ3n) is 4.07. The summed E-state index contributed by atoms with van der Waals surface area (Å²) in [4.78, 5) is 14.5. The Morgan fingerprint density at radius 2 is 2.00 bits per heavy atom. The predicted molar refractivity (Wildman–Crippen MR) is 82.8 cm³/mol. The Labute approximate surface area is 121 Å². The predicted octanol–water partition coefficient (Wildman–Crippen LogP) is 3.28. The van der Waals surface area contributed by atoms with Gasteiger partial charge in [0.25, 0.3) is 5.91 Å². The first-order valence-corrected chi connectivity index (χ1v) is 7.54. The van der Waals surface area contributed by atoms with Gasteiger partial charge in [-0.25, -0.2) is 0 Å². The first-order chi connectivity index (χ1) is 8.93. The van der Waals surface area contributed by atoms with Gasteiger partial charge in [-0.05, 0) is 35.1 Å². The summed E-state index contributed by atoms with van der Waals surface area (Å²) in [5.74, 6) is 1.41. The van der Waals surface area contributed by atoms with Gasteiger partial charge in [-0.1, -0.05) is 39.0 Å². The van der Waals surface area contributed by atoms with E-state index in [4.69, 9.17) is 0 Å². The largest absolute Gasteiger partial charge is 0.338 e. The van der Waals surface area contributed by atoms with Gasteiger partial charge in [-0.2, -0.15) is 12.6 Å². The van der Waals surface area contributed by atoms with E-state index < -0.39 is 0 Å². The number of hydrogen-bond donors (Lipinski definition) is 1. The highest BCUT2D eigenvalue weighted by atomic mass is 32.1. The zero-order valence-electron chi connectivity index (χ0n) is 12.0. The van der Waals surface area contributed by atoms with Crippen molar-refractivity contribution in [2.75, 3.05) is 18.8 Å². The van der Waals surface area contributed by atoms with Gasteiger partial charge in [0.1, 0.15) is 0 Å². The molecule has 1 aromatic rings. The molecule has 3 heteroatoms. The summed E-state index contributed by atoms with van der Waals surface area (Å²) >= 11 is 4.46. The van der Waals surface area contributed by atoms with Crippen LogP contribution in [-0.2, 0) is 6.42 Å². The van der Waals surface area contributed by atoms with E-state index in [9.17, 15) is 4.79 Å². The van der Waals surface area contributed by atoms with Gasteiger partial charge in [-0.3, -0.25) is 4.79 Å². The quantitative estimate of drug-likeness (QED) is 0.841. The van der Waals surface area contributed by atoms with Crippen molar-refractivity contribution < 1.29 is 4.79 Å². The fourth-order valence-electron chi connectivity index (χ4n) is 2.52. The molecule has 0 aliphatic carbocycles. The Kier molecular flexibility index (Phi) is 4.24. The minimum absolute atomic E-state index is 0.179. The van der Waals surface area contributed by atoms with Crippen LogP contribution in [0.25, 0.3) is 0 Å². The summed E-state index contributed by atoms with van der Waals surface area (Å²) in [7, 11) is 0. The Balaban J connectivity index is 2.14. The van der Waals surface area contributed by atoms with Crippen molar-refractivity contribution in [3.8, 4) is 0 Å². The van der Waals surface area contributed by atoms with E-state index in [0.717, 1.165) is 30.8 Å². The Bertz CT molecular complexity index is 464. The Morgan fingerprint density at radius 1 is 1.32 bits per heavy atom. The van der Waals surface area contributed by atoms with Crippen molar-refractivity contribution in [2.24, 2.45) is 11.3 Å². The maximum absolute atomic E-state index is 12.5. The Morgan fingerprint density at radius 3 is 2.63 bits per heavy atom. The summed E-state index contributed by atoms with van der Waals surface area (Å²) in [6, 6.07) is 7.95. The number of carbonyl (C=O) groups is 1. The highest BCUT2D eigenvalue weighted by molar-refractivity contribution is 7.80. The molecule has 0 bridgehead atoms. The van der Waals surface area contributed by atoms with E-state index in [2.05, 4.69) is 39.5 Å². The molecule has 1 heterocycles. The lowest BCUT2D eigenvalue weighted by Crippen LogP contribution is -2.43. The zero-order valence-corrected chi connectivity index (χ0v) is 12.9. The highest BCUT2D eigenvalue weighted by Gasteiger charge is 2.30. The number of hydrogen-bond acceptors (Lipinski definition) is 2.